The molecule has 0 saturated carbocycles. The maximum atomic E-state index is 13.1. The molecule has 3 aromatic carbocycles. The van der Waals surface area contributed by atoms with Crippen molar-refractivity contribution in [2.24, 2.45) is 0 Å². The third-order valence-electron chi connectivity index (χ3n) is 5.29. The first-order valence-corrected chi connectivity index (χ1v) is 14.1. The summed E-state index contributed by atoms with van der Waals surface area (Å²) in [6.45, 7) is 0.486. The summed E-state index contributed by atoms with van der Waals surface area (Å²) in [4.78, 5) is 12.5. The SMILES string of the molecule is COc1ccc(S(=O)(=O)N(C)c2ccc(C(=O)NCCSCc3ccc(Cl)c(Cl)c3)cc2)cc1OC. The fourth-order valence-electron chi connectivity index (χ4n) is 3.25. The number of hydrogen-bond donors (Lipinski definition) is 1. The van der Waals surface area contributed by atoms with Gasteiger partial charge in [0.1, 0.15) is 0 Å². The summed E-state index contributed by atoms with van der Waals surface area (Å²) in [6.07, 6.45) is 0. The number of carbonyl (C=O) groups is 1. The first-order valence-electron chi connectivity index (χ1n) is 10.8. The van der Waals surface area contributed by atoms with Crippen molar-refractivity contribution in [1.29, 1.82) is 0 Å². The molecular weight excluding hydrogens is 543 g/mol. The van der Waals surface area contributed by atoms with Crippen LogP contribution in [0.4, 0.5) is 5.69 Å². The largest absolute Gasteiger partial charge is 0.493 e. The van der Waals surface area contributed by atoms with Gasteiger partial charge in [0.25, 0.3) is 15.9 Å². The van der Waals surface area contributed by atoms with Crippen LogP contribution >= 0.6 is 35.0 Å². The van der Waals surface area contributed by atoms with Crippen molar-refractivity contribution in [3.05, 3.63) is 81.8 Å². The van der Waals surface area contributed by atoms with Gasteiger partial charge in [0.15, 0.2) is 11.5 Å². The lowest BCUT2D eigenvalue weighted by atomic mass is 10.2. The molecule has 0 aromatic heterocycles. The second-order valence-corrected chi connectivity index (χ2v) is 11.5. The van der Waals surface area contributed by atoms with E-state index in [1.807, 2.05) is 12.1 Å². The fourth-order valence-corrected chi connectivity index (χ4v) is 5.59. The van der Waals surface area contributed by atoms with Crippen molar-refractivity contribution in [2.45, 2.75) is 10.6 Å². The average molecular weight is 570 g/mol. The number of halogens is 2. The Labute approximate surface area is 225 Å². The van der Waals surface area contributed by atoms with Gasteiger partial charge < -0.3 is 14.8 Å². The topological polar surface area (TPSA) is 84.9 Å². The number of amides is 1. The van der Waals surface area contributed by atoms with Crippen LogP contribution in [0.5, 0.6) is 11.5 Å². The van der Waals surface area contributed by atoms with Crippen LogP contribution in [-0.4, -0.2) is 47.9 Å². The molecule has 0 heterocycles. The van der Waals surface area contributed by atoms with Gasteiger partial charge in [0, 0.05) is 36.7 Å². The van der Waals surface area contributed by atoms with Crippen LogP contribution in [0.1, 0.15) is 15.9 Å². The van der Waals surface area contributed by atoms with E-state index >= 15 is 0 Å². The highest BCUT2D eigenvalue weighted by Crippen LogP contribution is 2.31. The summed E-state index contributed by atoms with van der Waals surface area (Å²) in [5.41, 5.74) is 1.91. The molecule has 1 amide bonds. The third-order valence-corrected chi connectivity index (χ3v) is 8.84. The molecule has 0 spiro atoms. The summed E-state index contributed by atoms with van der Waals surface area (Å²) in [6, 6.07) is 16.3. The minimum Gasteiger partial charge on any atom is -0.493 e. The van der Waals surface area contributed by atoms with Crippen LogP contribution in [0, 0.1) is 0 Å². The zero-order valence-electron chi connectivity index (χ0n) is 20.0. The smallest absolute Gasteiger partial charge is 0.264 e. The molecule has 3 rings (SSSR count). The first kappa shape index (κ1) is 28.0. The number of carbonyl (C=O) groups excluding carboxylic acids is 1. The number of thioether (sulfide) groups is 1. The molecule has 1 N–H and O–H groups in total. The molecule has 36 heavy (non-hydrogen) atoms. The molecular formula is C25H26Cl2N2O5S2. The number of benzene rings is 3. The molecule has 7 nitrogen and oxygen atoms in total. The van der Waals surface area contributed by atoms with E-state index in [0.29, 0.717) is 39.3 Å². The van der Waals surface area contributed by atoms with Crippen LogP contribution in [0.3, 0.4) is 0 Å². The highest BCUT2D eigenvalue weighted by atomic mass is 35.5. The number of anilines is 1. The molecule has 0 bridgehead atoms. The second kappa shape index (κ2) is 12.6. The molecule has 11 heteroatoms. The van der Waals surface area contributed by atoms with Gasteiger partial charge in [-0.2, -0.15) is 11.8 Å². The van der Waals surface area contributed by atoms with Gasteiger partial charge in [-0.25, -0.2) is 8.42 Å². The van der Waals surface area contributed by atoms with E-state index in [1.165, 1.54) is 39.5 Å². The van der Waals surface area contributed by atoms with Crippen molar-refractivity contribution < 1.29 is 22.7 Å². The van der Waals surface area contributed by atoms with Gasteiger partial charge in [-0.3, -0.25) is 9.10 Å². The highest BCUT2D eigenvalue weighted by molar-refractivity contribution is 7.98. The summed E-state index contributed by atoms with van der Waals surface area (Å²) in [5, 5.41) is 3.91. The maximum Gasteiger partial charge on any atom is 0.264 e. The van der Waals surface area contributed by atoms with Gasteiger partial charge in [-0.1, -0.05) is 29.3 Å². The summed E-state index contributed by atoms with van der Waals surface area (Å²) in [7, 11) is 0.517. The molecule has 0 fully saturated rings. The summed E-state index contributed by atoms with van der Waals surface area (Å²) in [5.74, 6) is 1.98. The van der Waals surface area contributed by atoms with Gasteiger partial charge in [-0.05, 0) is 54.1 Å². The van der Waals surface area contributed by atoms with Crippen LogP contribution in [-0.2, 0) is 15.8 Å². The van der Waals surface area contributed by atoms with Gasteiger partial charge in [0.05, 0.1) is 34.8 Å². The highest BCUT2D eigenvalue weighted by Gasteiger charge is 2.23. The van der Waals surface area contributed by atoms with Crippen LogP contribution in [0.2, 0.25) is 10.0 Å². The minimum atomic E-state index is -3.85. The Morgan fingerprint density at radius 3 is 2.28 bits per heavy atom. The molecule has 0 radical (unpaired) electrons. The molecule has 0 aliphatic carbocycles. The van der Waals surface area contributed by atoms with E-state index in [2.05, 4.69) is 5.32 Å². The zero-order chi connectivity index (χ0) is 26.3. The molecule has 0 saturated heterocycles. The van der Waals surface area contributed by atoms with E-state index < -0.39 is 10.0 Å². The van der Waals surface area contributed by atoms with Crippen molar-refractivity contribution in [1.82, 2.24) is 5.32 Å². The monoisotopic (exact) mass is 568 g/mol. The molecule has 0 unspecified atom stereocenters. The maximum absolute atomic E-state index is 13.1. The van der Waals surface area contributed by atoms with E-state index in [1.54, 1.807) is 42.1 Å². The van der Waals surface area contributed by atoms with Crippen molar-refractivity contribution >= 4 is 56.6 Å². The van der Waals surface area contributed by atoms with E-state index in [-0.39, 0.29) is 10.8 Å². The number of hydrogen-bond acceptors (Lipinski definition) is 6. The Balaban J connectivity index is 1.55. The van der Waals surface area contributed by atoms with Crippen molar-refractivity contribution in [3.8, 4) is 11.5 Å². The molecule has 0 atom stereocenters. The molecule has 3 aromatic rings. The van der Waals surface area contributed by atoms with Gasteiger partial charge in [-0.15, -0.1) is 0 Å². The predicted molar refractivity (Wildman–Crippen MR) is 147 cm³/mol. The van der Waals surface area contributed by atoms with Gasteiger partial charge in [0.2, 0.25) is 0 Å². The molecule has 0 aliphatic heterocycles. The Hall–Kier alpha value is -2.59. The minimum absolute atomic E-state index is 0.0582. The Morgan fingerprint density at radius 1 is 0.944 bits per heavy atom. The standard InChI is InChI=1S/C25H26Cl2N2O5S2/c1-29(36(31,32)20-9-11-23(33-2)24(15-20)34-3)19-7-5-18(6-8-19)25(30)28-12-13-35-16-17-4-10-21(26)22(27)14-17/h4-11,14-15H,12-13,16H2,1-3H3,(H,28,30). The van der Waals surface area contributed by atoms with Gasteiger partial charge >= 0.3 is 0 Å². The Bertz CT molecular complexity index is 1320. The second-order valence-electron chi connectivity index (χ2n) is 7.59. The fraction of sp³-hybridized carbons (Fsp3) is 0.240. The number of nitrogens with one attached hydrogen (secondary N) is 1. The number of ether oxygens (including phenoxy) is 2. The lowest BCUT2D eigenvalue weighted by molar-refractivity contribution is 0.0956. The number of nitrogens with zero attached hydrogens (tertiary/aromatic N) is 1. The molecule has 192 valence electrons. The lowest BCUT2D eigenvalue weighted by Crippen LogP contribution is -2.27. The molecule has 0 aliphatic rings. The van der Waals surface area contributed by atoms with Crippen LogP contribution in [0.25, 0.3) is 0 Å². The number of sulfonamides is 1. The summed E-state index contributed by atoms with van der Waals surface area (Å²) < 4.78 is 37.7. The van der Waals surface area contributed by atoms with Crippen molar-refractivity contribution in [2.75, 3.05) is 37.9 Å². The Morgan fingerprint density at radius 2 is 1.64 bits per heavy atom. The van der Waals surface area contributed by atoms with Crippen LogP contribution in [0.15, 0.2) is 65.6 Å². The summed E-state index contributed by atoms with van der Waals surface area (Å²) >= 11 is 13.6. The first-order chi connectivity index (χ1) is 17.2. The normalized spacial score (nSPS) is 11.1. The number of rotatable bonds is 11. The predicted octanol–water partition coefficient (Wildman–Crippen LogP) is 5.50. The van der Waals surface area contributed by atoms with Crippen molar-refractivity contribution in [3.63, 3.8) is 0 Å². The quantitative estimate of drug-likeness (QED) is 0.307. The lowest BCUT2D eigenvalue weighted by Gasteiger charge is -2.20. The third kappa shape index (κ3) is 6.79. The van der Waals surface area contributed by atoms with Crippen LogP contribution < -0.4 is 19.1 Å². The number of methoxy groups -OCH3 is 2. The van der Waals surface area contributed by atoms with E-state index in [9.17, 15) is 13.2 Å². The zero-order valence-corrected chi connectivity index (χ0v) is 23.1. The Kier molecular flexibility index (Phi) is 9.78. The van der Waals surface area contributed by atoms with E-state index in [4.69, 9.17) is 32.7 Å². The van der Waals surface area contributed by atoms with E-state index in [0.717, 1.165) is 21.4 Å². The average Bonchev–Trinajstić information content (AvgIpc) is 2.89.